The van der Waals surface area contributed by atoms with Gasteiger partial charge < -0.3 is 9.47 Å². The largest absolute Gasteiger partial charge is 0.347 e. The lowest BCUT2D eigenvalue weighted by atomic mass is 10.1. The molecule has 1 heterocycles. The first kappa shape index (κ1) is 21.2. The number of likely N-dealkylation sites (N-methyl/N-ethyl adjacent to an activating group) is 1. The lowest BCUT2D eigenvalue weighted by Gasteiger charge is -2.12. The number of hydrogen-bond acceptors (Lipinski definition) is 3. The quantitative estimate of drug-likeness (QED) is 0.550. The van der Waals surface area contributed by atoms with Crippen molar-refractivity contribution in [3.05, 3.63) is 60.3 Å². The third-order valence-electron chi connectivity index (χ3n) is 4.66. The molecule has 8 heteroatoms. The minimum absolute atomic E-state index is 0.0122. The molecule has 0 spiro atoms. The van der Waals surface area contributed by atoms with E-state index >= 15 is 0 Å². The SMILES string of the molecule is CN(C)C(=O)Cn1ccc2cc(NS(=O)(=O)c3ccc(CCCCl)cc3)ccc21. The van der Waals surface area contributed by atoms with Gasteiger partial charge in [-0.3, -0.25) is 9.52 Å². The van der Waals surface area contributed by atoms with Gasteiger partial charge in [-0.15, -0.1) is 11.6 Å². The van der Waals surface area contributed by atoms with E-state index in [1.807, 2.05) is 35.0 Å². The molecule has 0 saturated carbocycles. The molecule has 1 aromatic heterocycles. The molecule has 0 fully saturated rings. The summed E-state index contributed by atoms with van der Waals surface area (Å²) in [5.74, 6) is 0.566. The molecule has 6 nitrogen and oxygen atoms in total. The third kappa shape index (κ3) is 5.10. The van der Waals surface area contributed by atoms with E-state index in [0.29, 0.717) is 11.6 Å². The summed E-state index contributed by atoms with van der Waals surface area (Å²) in [5, 5.41) is 0.855. The summed E-state index contributed by atoms with van der Waals surface area (Å²) in [4.78, 5) is 13.7. The van der Waals surface area contributed by atoms with Gasteiger partial charge in [0.25, 0.3) is 10.0 Å². The van der Waals surface area contributed by atoms with Crippen LogP contribution >= 0.6 is 11.6 Å². The first-order valence-corrected chi connectivity index (χ1v) is 11.3. The van der Waals surface area contributed by atoms with Gasteiger partial charge in [0, 0.05) is 42.8 Å². The predicted molar refractivity (Wildman–Crippen MR) is 117 cm³/mol. The number of sulfonamides is 1. The molecule has 1 N–H and O–H groups in total. The van der Waals surface area contributed by atoms with Crippen LogP contribution < -0.4 is 4.72 Å². The Balaban J connectivity index is 1.77. The maximum absolute atomic E-state index is 12.7. The normalized spacial score (nSPS) is 11.6. The third-order valence-corrected chi connectivity index (χ3v) is 6.32. The first-order chi connectivity index (χ1) is 13.8. The van der Waals surface area contributed by atoms with Gasteiger partial charge in [-0.25, -0.2) is 8.42 Å². The lowest BCUT2D eigenvalue weighted by Crippen LogP contribution is -2.25. The number of hydrogen-bond donors (Lipinski definition) is 1. The Morgan fingerprint density at radius 2 is 1.83 bits per heavy atom. The molecule has 0 aliphatic carbocycles. The summed E-state index contributed by atoms with van der Waals surface area (Å²) in [6, 6.07) is 14.0. The fraction of sp³-hybridized carbons (Fsp3) is 0.286. The van der Waals surface area contributed by atoms with Gasteiger partial charge in [0.2, 0.25) is 5.91 Å². The summed E-state index contributed by atoms with van der Waals surface area (Å²) in [6.07, 6.45) is 3.50. The van der Waals surface area contributed by atoms with Crippen molar-refractivity contribution in [1.82, 2.24) is 9.47 Å². The van der Waals surface area contributed by atoms with Crippen molar-refractivity contribution < 1.29 is 13.2 Å². The van der Waals surface area contributed by atoms with Gasteiger partial charge in [-0.2, -0.15) is 0 Å². The molecule has 0 bridgehead atoms. The number of fused-ring (bicyclic) bond motifs is 1. The second-order valence-corrected chi connectivity index (χ2v) is 9.11. The number of nitrogens with one attached hydrogen (secondary N) is 1. The second kappa shape index (κ2) is 8.88. The van der Waals surface area contributed by atoms with Crippen LogP contribution in [0, 0.1) is 0 Å². The van der Waals surface area contributed by atoms with Crippen molar-refractivity contribution in [2.45, 2.75) is 24.3 Å². The van der Waals surface area contributed by atoms with Crippen LogP contribution in [0.25, 0.3) is 10.9 Å². The van der Waals surface area contributed by atoms with Crippen LogP contribution in [0.5, 0.6) is 0 Å². The van der Waals surface area contributed by atoms with Crippen molar-refractivity contribution in [3.63, 3.8) is 0 Å². The van der Waals surface area contributed by atoms with Crippen LogP contribution in [-0.4, -0.2) is 43.8 Å². The highest BCUT2D eigenvalue weighted by Crippen LogP contribution is 2.23. The van der Waals surface area contributed by atoms with Gasteiger partial charge in [0.05, 0.1) is 4.90 Å². The fourth-order valence-corrected chi connectivity index (χ4v) is 4.19. The van der Waals surface area contributed by atoms with E-state index < -0.39 is 10.0 Å². The average molecular weight is 434 g/mol. The van der Waals surface area contributed by atoms with E-state index in [4.69, 9.17) is 11.6 Å². The topological polar surface area (TPSA) is 71.4 Å². The number of halogens is 1. The number of nitrogens with zero attached hydrogens (tertiary/aromatic N) is 2. The minimum Gasteiger partial charge on any atom is -0.347 e. The van der Waals surface area contributed by atoms with Gasteiger partial charge in [-0.1, -0.05) is 12.1 Å². The van der Waals surface area contributed by atoms with Gasteiger partial charge >= 0.3 is 0 Å². The Bertz CT molecular complexity index is 1110. The highest BCUT2D eigenvalue weighted by molar-refractivity contribution is 7.92. The predicted octanol–water partition coefficient (Wildman–Crippen LogP) is 3.70. The fourth-order valence-electron chi connectivity index (χ4n) is 3.01. The van der Waals surface area contributed by atoms with Crippen molar-refractivity contribution in [2.75, 3.05) is 24.7 Å². The number of alkyl halides is 1. The number of benzene rings is 2. The molecule has 0 radical (unpaired) electrons. The number of anilines is 1. The van der Waals surface area contributed by atoms with Crippen LogP contribution in [0.1, 0.15) is 12.0 Å². The maximum Gasteiger partial charge on any atom is 0.261 e. The molecule has 0 saturated heterocycles. The van der Waals surface area contributed by atoms with E-state index in [1.54, 1.807) is 38.4 Å². The second-order valence-electron chi connectivity index (χ2n) is 7.05. The lowest BCUT2D eigenvalue weighted by molar-refractivity contribution is -0.129. The van der Waals surface area contributed by atoms with Crippen LogP contribution in [0.2, 0.25) is 0 Å². The number of aryl methyl sites for hydroxylation is 1. The Morgan fingerprint density at radius 3 is 2.48 bits per heavy atom. The Hall–Kier alpha value is -2.51. The average Bonchev–Trinajstić information content (AvgIpc) is 3.08. The van der Waals surface area contributed by atoms with Gasteiger partial charge in [0.15, 0.2) is 0 Å². The smallest absolute Gasteiger partial charge is 0.261 e. The minimum atomic E-state index is -3.69. The van der Waals surface area contributed by atoms with Crippen LogP contribution in [0.15, 0.2) is 59.6 Å². The molecule has 0 aliphatic heterocycles. The summed E-state index contributed by atoms with van der Waals surface area (Å²) in [5.41, 5.74) is 2.40. The number of aromatic nitrogens is 1. The molecule has 1 amide bonds. The molecule has 2 aromatic carbocycles. The van der Waals surface area contributed by atoms with E-state index in [2.05, 4.69) is 4.72 Å². The van der Waals surface area contributed by atoms with Crippen LogP contribution in [-0.2, 0) is 27.8 Å². The Kier molecular flexibility index (Phi) is 6.49. The zero-order valence-electron chi connectivity index (χ0n) is 16.4. The zero-order valence-corrected chi connectivity index (χ0v) is 18.0. The van der Waals surface area contributed by atoms with E-state index in [9.17, 15) is 13.2 Å². The molecule has 0 aliphatic rings. The van der Waals surface area contributed by atoms with Gasteiger partial charge in [0.1, 0.15) is 6.54 Å². The number of carbonyl (C=O) groups is 1. The standard InChI is InChI=1S/C21H24ClN3O3S/c1-24(2)21(26)15-25-13-11-17-14-18(7-10-20(17)25)23-29(27,28)19-8-5-16(6-9-19)4-3-12-22/h5-11,13-14,23H,3-4,12,15H2,1-2H3. The zero-order chi connectivity index (χ0) is 21.0. The molecule has 3 aromatic rings. The number of carbonyl (C=O) groups excluding carboxylic acids is 1. The summed E-state index contributed by atoms with van der Waals surface area (Å²) < 4.78 is 29.9. The summed E-state index contributed by atoms with van der Waals surface area (Å²) >= 11 is 5.70. The molecule has 0 unspecified atom stereocenters. The Labute approximate surface area is 176 Å². The van der Waals surface area contributed by atoms with Gasteiger partial charge in [-0.05, 0) is 54.8 Å². The molecule has 3 rings (SSSR count). The molecule has 0 atom stereocenters. The van der Waals surface area contributed by atoms with Crippen molar-refractivity contribution in [2.24, 2.45) is 0 Å². The molecule has 154 valence electrons. The summed E-state index contributed by atoms with van der Waals surface area (Å²) in [6.45, 7) is 0.234. The number of amides is 1. The van der Waals surface area contributed by atoms with Crippen LogP contribution in [0.4, 0.5) is 5.69 Å². The molecular weight excluding hydrogens is 410 g/mol. The first-order valence-electron chi connectivity index (χ1n) is 9.27. The maximum atomic E-state index is 12.7. The Morgan fingerprint density at radius 1 is 1.10 bits per heavy atom. The van der Waals surface area contributed by atoms with Crippen molar-refractivity contribution >= 4 is 44.1 Å². The highest BCUT2D eigenvalue weighted by Gasteiger charge is 2.15. The highest BCUT2D eigenvalue weighted by atomic mass is 35.5. The van der Waals surface area contributed by atoms with Crippen molar-refractivity contribution in [1.29, 1.82) is 0 Å². The number of rotatable bonds is 8. The van der Waals surface area contributed by atoms with Crippen molar-refractivity contribution in [3.8, 4) is 0 Å². The van der Waals surface area contributed by atoms with E-state index in [1.165, 1.54) is 4.90 Å². The van der Waals surface area contributed by atoms with E-state index in [-0.39, 0.29) is 17.3 Å². The summed E-state index contributed by atoms with van der Waals surface area (Å²) in [7, 11) is -0.259. The van der Waals surface area contributed by atoms with E-state index in [0.717, 1.165) is 29.3 Å². The molecular formula is C21H24ClN3O3S. The van der Waals surface area contributed by atoms with Crippen LogP contribution in [0.3, 0.4) is 0 Å². The molecule has 29 heavy (non-hydrogen) atoms. The monoisotopic (exact) mass is 433 g/mol.